The molecule has 0 N–H and O–H groups in total. The zero-order valence-electron chi connectivity index (χ0n) is 9.05. The van der Waals surface area contributed by atoms with Gasteiger partial charge in [0.15, 0.2) is 11.5 Å². The summed E-state index contributed by atoms with van der Waals surface area (Å²) in [4.78, 5) is 10.3. The van der Waals surface area contributed by atoms with Crippen LogP contribution in [0.2, 0.25) is 5.02 Å². The van der Waals surface area contributed by atoms with E-state index in [4.69, 9.17) is 21.1 Å². The van der Waals surface area contributed by atoms with Crippen molar-refractivity contribution in [2.45, 2.75) is 12.8 Å². The minimum Gasteiger partial charge on any atom is -0.493 e. The van der Waals surface area contributed by atoms with E-state index >= 15 is 0 Å². The molecule has 0 saturated carbocycles. The number of rotatable bonds is 5. The van der Waals surface area contributed by atoms with Crippen molar-refractivity contribution >= 4 is 17.9 Å². The fourth-order valence-electron chi connectivity index (χ4n) is 1.44. The molecule has 0 aliphatic carbocycles. The zero-order valence-corrected chi connectivity index (χ0v) is 9.81. The Balaban J connectivity index is 3.28. The van der Waals surface area contributed by atoms with E-state index in [1.54, 1.807) is 0 Å². The van der Waals surface area contributed by atoms with Crippen molar-refractivity contribution in [2.24, 2.45) is 0 Å². The molecule has 88 valence electrons. The van der Waals surface area contributed by atoms with Gasteiger partial charge in [0.25, 0.3) is 0 Å². The van der Waals surface area contributed by atoms with Gasteiger partial charge in [-0.1, -0.05) is 11.6 Å². The molecular formula is C11H12ClFO3. The Morgan fingerprint density at radius 3 is 2.62 bits per heavy atom. The molecule has 3 nitrogen and oxygen atoms in total. The van der Waals surface area contributed by atoms with Crippen LogP contribution in [0.3, 0.4) is 0 Å². The standard InChI is InChI=1S/C11H12ClFO3/c1-15-9-6-8(12)10(13)7(4-3-5-14)11(9)16-2/h5-6H,3-4H2,1-2H3. The summed E-state index contributed by atoms with van der Waals surface area (Å²) in [5.74, 6) is 0.0715. The van der Waals surface area contributed by atoms with Crippen LogP contribution in [-0.4, -0.2) is 20.5 Å². The highest BCUT2D eigenvalue weighted by Gasteiger charge is 2.18. The third-order valence-electron chi connectivity index (χ3n) is 2.17. The first-order valence-corrected chi connectivity index (χ1v) is 5.06. The molecular weight excluding hydrogens is 235 g/mol. The lowest BCUT2D eigenvalue weighted by molar-refractivity contribution is -0.107. The molecule has 0 aliphatic heterocycles. The summed E-state index contributed by atoms with van der Waals surface area (Å²) in [6.45, 7) is 0. The average molecular weight is 247 g/mol. The van der Waals surface area contributed by atoms with E-state index in [0.717, 1.165) is 0 Å². The third kappa shape index (κ3) is 2.44. The maximum atomic E-state index is 13.7. The Kier molecular flexibility index (Phi) is 4.55. The monoisotopic (exact) mass is 246 g/mol. The second kappa shape index (κ2) is 5.70. The lowest BCUT2D eigenvalue weighted by atomic mass is 10.1. The molecule has 0 bridgehead atoms. The highest BCUT2D eigenvalue weighted by molar-refractivity contribution is 6.31. The van der Waals surface area contributed by atoms with Crippen molar-refractivity contribution in [1.82, 2.24) is 0 Å². The van der Waals surface area contributed by atoms with Crippen molar-refractivity contribution in [3.05, 3.63) is 22.5 Å². The number of aldehydes is 1. The normalized spacial score (nSPS) is 10.0. The van der Waals surface area contributed by atoms with Crippen molar-refractivity contribution in [2.75, 3.05) is 14.2 Å². The molecule has 5 heteroatoms. The van der Waals surface area contributed by atoms with Crippen LogP contribution in [0.25, 0.3) is 0 Å². The van der Waals surface area contributed by atoms with E-state index in [1.165, 1.54) is 20.3 Å². The molecule has 0 saturated heterocycles. The van der Waals surface area contributed by atoms with Crippen LogP contribution in [0.4, 0.5) is 4.39 Å². The van der Waals surface area contributed by atoms with Crippen LogP contribution >= 0.6 is 11.6 Å². The van der Waals surface area contributed by atoms with Crippen LogP contribution in [0.5, 0.6) is 11.5 Å². The van der Waals surface area contributed by atoms with Gasteiger partial charge in [0.1, 0.15) is 12.1 Å². The van der Waals surface area contributed by atoms with Crippen LogP contribution in [0, 0.1) is 5.82 Å². The second-order valence-electron chi connectivity index (χ2n) is 3.09. The molecule has 0 fully saturated rings. The van der Waals surface area contributed by atoms with Crippen LogP contribution < -0.4 is 9.47 Å². The summed E-state index contributed by atoms with van der Waals surface area (Å²) in [6, 6.07) is 1.35. The summed E-state index contributed by atoms with van der Waals surface area (Å²) in [7, 11) is 2.85. The van der Waals surface area contributed by atoms with E-state index in [0.29, 0.717) is 12.0 Å². The first-order chi connectivity index (χ1) is 7.65. The number of ether oxygens (including phenoxy) is 2. The number of benzene rings is 1. The molecule has 0 aromatic heterocycles. The van der Waals surface area contributed by atoms with Crippen LogP contribution in [0.1, 0.15) is 12.0 Å². The van der Waals surface area contributed by atoms with Gasteiger partial charge in [0, 0.05) is 18.1 Å². The van der Waals surface area contributed by atoms with Gasteiger partial charge in [-0.25, -0.2) is 4.39 Å². The Morgan fingerprint density at radius 1 is 1.44 bits per heavy atom. The molecule has 0 spiro atoms. The zero-order chi connectivity index (χ0) is 12.1. The van der Waals surface area contributed by atoms with E-state index in [9.17, 15) is 9.18 Å². The molecule has 0 atom stereocenters. The molecule has 16 heavy (non-hydrogen) atoms. The van der Waals surface area contributed by atoms with E-state index < -0.39 is 5.82 Å². The van der Waals surface area contributed by atoms with Gasteiger partial charge in [-0.3, -0.25) is 0 Å². The minimum absolute atomic E-state index is 0.0430. The van der Waals surface area contributed by atoms with Crippen molar-refractivity contribution in [1.29, 1.82) is 0 Å². The van der Waals surface area contributed by atoms with Crippen molar-refractivity contribution < 1.29 is 18.7 Å². The van der Waals surface area contributed by atoms with Gasteiger partial charge in [0.2, 0.25) is 0 Å². The Hall–Kier alpha value is -1.29. The molecule has 0 heterocycles. The van der Waals surface area contributed by atoms with E-state index in [1.807, 2.05) is 0 Å². The molecule has 1 aromatic rings. The summed E-state index contributed by atoms with van der Waals surface area (Å²) >= 11 is 5.71. The fourth-order valence-corrected chi connectivity index (χ4v) is 1.65. The summed E-state index contributed by atoms with van der Waals surface area (Å²) in [5, 5.41) is -0.0430. The highest BCUT2D eigenvalue weighted by atomic mass is 35.5. The summed E-state index contributed by atoms with van der Waals surface area (Å²) in [6.07, 6.45) is 1.15. The SMILES string of the molecule is COc1cc(Cl)c(F)c(CCC=O)c1OC. The number of carbonyl (C=O) groups is 1. The van der Waals surface area contributed by atoms with Crippen LogP contribution in [0.15, 0.2) is 6.07 Å². The maximum Gasteiger partial charge on any atom is 0.166 e. The molecule has 0 aliphatic rings. The van der Waals surface area contributed by atoms with Crippen LogP contribution in [-0.2, 0) is 11.2 Å². The van der Waals surface area contributed by atoms with Gasteiger partial charge in [-0.05, 0) is 6.42 Å². The molecule has 1 aromatic carbocycles. The predicted octanol–water partition coefficient (Wildman–Crippen LogP) is 2.63. The molecule has 0 amide bonds. The number of methoxy groups -OCH3 is 2. The van der Waals surface area contributed by atoms with E-state index in [2.05, 4.69) is 0 Å². The largest absolute Gasteiger partial charge is 0.493 e. The van der Waals surface area contributed by atoms with Crippen molar-refractivity contribution in [3.63, 3.8) is 0 Å². The predicted molar refractivity (Wildman–Crippen MR) is 58.9 cm³/mol. The minimum atomic E-state index is -0.568. The van der Waals surface area contributed by atoms with Gasteiger partial charge in [-0.2, -0.15) is 0 Å². The molecule has 0 unspecified atom stereocenters. The smallest absolute Gasteiger partial charge is 0.166 e. The Morgan fingerprint density at radius 2 is 2.12 bits per heavy atom. The second-order valence-corrected chi connectivity index (χ2v) is 3.50. The lowest BCUT2D eigenvalue weighted by Crippen LogP contribution is -2.01. The molecule has 1 rings (SSSR count). The van der Waals surface area contributed by atoms with Gasteiger partial charge in [-0.15, -0.1) is 0 Å². The van der Waals surface area contributed by atoms with Gasteiger partial charge in [0.05, 0.1) is 19.2 Å². The fraction of sp³-hybridized carbons (Fsp3) is 0.364. The van der Waals surface area contributed by atoms with Crippen molar-refractivity contribution in [3.8, 4) is 11.5 Å². The number of hydrogen-bond donors (Lipinski definition) is 0. The average Bonchev–Trinajstić information content (AvgIpc) is 2.30. The summed E-state index contributed by atoms with van der Waals surface area (Å²) in [5.41, 5.74) is 0.263. The molecule has 0 radical (unpaired) electrons. The first kappa shape index (κ1) is 12.8. The maximum absolute atomic E-state index is 13.7. The number of halogens is 2. The number of carbonyl (C=O) groups excluding carboxylic acids is 1. The van der Waals surface area contributed by atoms with Gasteiger partial charge >= 0.3 is 0 Å². The first-order valence-electron chi connectivity index (χ1n) is 4.68. The quantitative estimate of drug-likeness (QED) is 0.750. The topological polar surface area (TPSA) is 35.5 Å². The lowest BCUT2D eigenvalue weighted by Gasteiger charge is -2.13. The summed E-state index contributed by atoms with van der Waals surface area (Å²) < 4.78 is 23.8. The highest BCUT2D eigenvalue weighted by Crippen LogP contribution is 2.37. The Bertz CT molecular complexity index is 393. The van der Waals surface area contributed by atoms with Gasteiger partial charge < -0.3 is 14.3 Å². The number of hydrogen-bond acceptors (Lipinski definition) is 3. The third-order valence-corrected chi connectivity index (χ3v) is 2.44. The van der Waals surface area contributed by atoms with E-state index in [-0.39, 0.29) is 29.2 Å². The Labute approximate surface area is 98.1 Å².